The molecule has 0 aliphatic heterocycles. The first-order valence-electron chi connectivity index (χ1n) is 9.04. The van der Waals surface area contributed by atoms with Gasteiger partial charge in [-0.3, -0.25) is 14.2 Å². The second-order valence-electron chi connectivity index (χ2n) is 7.25. The van der Waals surface area contributed by atoms with Gasteiger partial charge in [0.05, 0.1) is 11.7 Å². The smallest absolute Gasteiger partial charge is 0.262 e. The van der Waals surface area contributed by atoms with Crippen LogP contribution in [-0.2, 0) is 11.3 Å². The molecule has 0 aromatic carbocycles. The van der Waals surface area contributed by atoms with Gasteiger partial charge < -0.3 is 5.32 Å². The number of aryl methyl sites for hydroxylation is 3. The molecule has 6 heteroatoms. The van der Waals surface area contributed by atoms with Gasteiger partial charge in [-0.1, -0.05) is 26.7 Å². The second-order valence-corrected chi connectivity index (χ2v) is 8.45. The van der Waals surface area contributed by atoms with E-state index in [0.29, 0.717) is 24.3 Å². The molecule has 0 aliphatic rings. The minimum atomic E-state index is -0.0513. The largest absolute Gasteiger partial charge is 0.354 e. The molecule has 1 N–H and O–H groups in total. The van der Waals surface area contributed by atoms with Crippen molar-refractivity contribution < 1.29 is 4.79 Å². The molecule has 138 valence electrons. The van der Waals surface area contributed by atoms with Crippen LogP contribution in [0, 0.1) is 19.8 Å². The van der Waals surface area contributed by atoms with Crippen molar-refractivity contribution in [3.05, 3.63) is 27.1 Å². The third-order valence-corrected chi connectivity index (χ3v) is 5.68. The first kappa shape index (κ1) is 19.6. The highest BCUT2D eigenvalue weighted by Crippen LogP contribution is 2.25. The molecule has 2 aromatic rings. The Morgan fingerprint density at radius 2 is 2.00 bits per heavy atom. The van der Waals surface area contributed by atoms with Gasteiger partial charge in [-0.15, -0.1) is 11.3 Å². The Labute approximate surface area is 153 Å². The van der Waals surface area contributed by atoms with Gasteiger partial charge in [0.25, 0.3) is 5.56 Å². The minimum Gasteiger partial charge on any atom is -0.354 e. The highest BCUT2D eigenvalue weighted by Gasteiger charge is 2.13. The van der Waals surface area contributed by atoms with Crippen LogP contribution in [0.15, 0.2) is 11.1 Å². The summed E-state index contributed by atoms with van der Waals surface area (Å²) < 4.78 is 1.55. The summed E-state index contributed by atoms with van der Waals surface area (Å²) in [6, 6.07) is 0.172. The van der Waals surface area contributed by atoms with Gasteiger partial charge in [0.2, 0.25) is 5.91 Å². The Morgan fingerprint density at radius 1 is 1.28 bits per heavy atom. The summed E-state index contributed by atoms with van der Waals surface area (Å²) in [5.41, 5.74) is 0.944. The lowest BCUT2D eigenvalue weighted by atomic mass is 10.0. The van der Waals surface area contributed by atoms with Crippen molar-refractivity contribution in [2.75, 3.05) is 0 Å². The van der Waals surface area contributed by atoms with Gasteiger partial charge in [0.15, 0.2) is 0 Å². The standard InChI is InChI=1S/C19H29N3O2S/c1-12(2)7-6-8-13(3)21-16(23)9-10-22-11-20-18-17(19(22)24)14(4)15(5)25-18/h11-13H,6-10H2,1-5H3,(H,21,23)/t13-/m0/s1. The summed E-state index contributed by atoms with van der Waals surface area (Å²) in [7, 11) is 0. The van der Waals surface area contributed by atoms with Crippen molar-refractivity contribution in [2.45, 2.75) is 72.9 Å². The van der Waals surface area contributed by atoms with Crippen molar-refractivity contribution in [3.8, 4) is 0 Å². The summed E-state index contributed by atoms with van der Waals surface area (Å²) in [5.74, 6) is 0.684. The number of nitrogens with one attached hydrogen (secondary N) is 1. The minimum absolute atomic E-state index is 0.0118. The lowest BCUT2D eigenvalue weighted by Gasteiger charge is -2.14. The predicted molar refractivity (Wildman–Crippen MR) is 104 cm³/mol. The molecule has 25 heavy (non-hydrogen) atoms. The van der Waals surface area contributed by atoms with Crippen LogP contribution in [0.4, 0.5) is 0 Å². The van der Waals surface area contributed by atoms with Crippen LogP contribution in [0.2, 0.25) is 0 Å². The van der Waals surface area contributed by atoms with E-state index in [1.807, 2.05) is 20.8 Å². The molecule has 2 aromatic heterocycles. The van der Waals surface area contributed by atoms with E-state index in [9.17, 15) is 9.59 Å². The van der Waals surface area contributed by atoms with Gasteiger partial charge in [0.1, 0.15) is 4.83 Å². The predicted octanol–water partition coefficient (Wildman–Crippen LogP) is 3.80. The van der Waals surface area contributed by atoms with E-state index < -0.39 is 0 Å². The third kappa shape index (κ3) is 5.14. The third-order valence-electron chi connectivity index (χ3n) is 4.56. The molecule has 0 saturated carbocycles. The number of thiophene rings is 1. The number of hydrogen-bond acceptors (Lipinski definition) is 4. The molecule has 5 nitrogen and oxygen atoms in total. The summed E-state index contributed by atoms with van der Waals surface area (Å²) in [6.45, 7) is 10.8. The molecule has 0 aliphatic carbocycles. The summed E-state index contributed by atoms with van der Waals surface area (Å²) in [5, 5.41) is 3.71. The number of aromatic nitrogens is 2. The summed E-state index contributed by atoms with van der Waals surface area (Å²) in [6.07, 6.45) is 5.14. The van der Waals surface area contributed by atoms with E-state index in [1.165, 1.54) is 6.42 Å². The monoisotopic (exact) mass is 363 g/mol. The van der Waals surface area contributed by atoms with Crippen LogP contribution in [0.3, 0.4) is 0 Å². The molecule has 0 spiro atoms. The second kappa shape index (κ2) is 8.61. The Morgan fingerprint density at radius 3 is 2.68 bits per heavy atom. The van der Waals surface area contributed by atoms with Crippen molar-refractivity contribution in [3.63, 3.8) is 0 Å². The molecule has 1 atom stereocenters. The number of hydrogen-bond donors (Lipinski definition) is 1. The molecule has 0 unspecified atom stereocenters. The van der Waals surface area contributed by atoms with Crippen LogP contribution in [-0.4, -0.2) is 21.5 Å². The van der Waals surface area contributed by atoms with E-state index in [-0.39, 0.29) is 17.5 Å². The zero-order valence-electron chi connectivity index (χ0n) is 15.9. The van der Waals surface area contributed by atoms with Crippen molar-refractivity contribution in [2.24, 2.45) is 5.92 Å². The number of rotatable bonds is 8. The number of fused-ring (bicyclic) bond motifs is 1. The van der Waals surface area contributed by atoms with E-state index in [1.54, 1.807) is 22.2 Å². The molecular weight excluding hydrogens is 334 g/mol. The van der Waals surface area contributed by atoms with E-state index in [4.69, 9.17) is 0 Å². The molecule has 0 radical (unpaired) electrons. The molecular formula is C19H29N3O2S. The van der Waals surface area contributed by atoms with Crippen molar-refractivity contribution in [1.82, 2.24) is 14.9 Å². The lowest BCUT2D eigenvalue weighted by Crippen LogP contribution is -2.34. The summed E-state index contributed by atoms with van der Waals surface area (Å²) >= 11 is 1.54. The van der Waals surface area contributed by atoms with Crippen LogP contribution in [0.5, 0.6) is 0 Å². The molecule has 1 amide bonds. The average molecular weight is 364 g/mol. The van der Waals surface area contributed by atoms with Gasteiger partial charge in [-0.25, -0.2) is 4.98 Å². The SMILES string of the molecule is Cc1sc2ncn(CCC(=O)N[C@@H](C)CCCC(C)C)c(=O)c2c1C. The number of nitrogens with zero attached hydrogens (tertiary/aromatic N) is 2. The average Bonchev–Trinajstić information content (AvgIpc) is 2.81. The number of carbonyl (C=O) groups excluding carboxylic acids is 1. The van der Waals surface area contributed by atoms with Crippen molar-refractivity contribution >= 4 is 27.5 Å². The Hall–Kier alpha value is -1.69. The number of carbonyl (C=O) groups is 1. The molecule has 0 saturated heterocycles. The normalized spacial score (nSPS) is 12.7. The number of amides is 1. The lowest BCUT2D eigenvalue weighted by molar-refractivity contribution is -0.121. The van der Waals surface area contributed by atoms with Gasteiger partial charge in [-0.2, -0.15) is 0 Å². The van der Waals surface area contributed by atoms with Gasteiger partial charge in [-0.05, 0) is 38.7 Å². The summed E-state index contributed by atoms with van der Waals surface area (Å²) in [4.78, 5) is 31.0. The van der Waals surface area contributed by atoms with E-state index >= 15 is 0 Å². The van der Waals surface area contributed by atoms with Crippen LogP contribution in [0.1, 0.15) is 56.9 Å². The van der Waals surface area contributed by atoms with Crippen LogP contribution >= 0.6 is 11.3 Å². The van der Waals surface area contributed by atoms with Crippen molar-refractivity contribution in [1.29, 1.82) is 0 Å². The first-order valence-corrected chi connectivity index (χ1v) is 9.85. The maximum absolute atomic E-state index is 12.6. The highest BCUT2D eigenvalue weighted by molar-refractivity contribution is 7.18. The topological polar surface area (TPSA) is 64.0 Å². The van der Waals surface area contributed by atoms with Gasteiger partial charge >= 0.3 is 0 Å². The molecule has 2 rings (SSSR count). The van der Waals surface area contributed by atoms with Crippen LogP contribution < -0.4 is 10.9 Å². The fourth-order valence-corrected chi connectivity index (χ4v) is 3.89. The maximum atomic E-state index is 12.6. The zero-order valence-corrected chi connectivity index (χ0v) is 16.7. The fraction of sp³-hybridized carbons (Fsp3) is 0.632. The van der Waals surface area contributed by atoms with E-state index in [0.717, 1.165) is 28.1 Å². The van der Waals surface area contributed by atoms with Gasteiger partial charge in [0, 0.05) is 23.9 Å². The zero-order chi connectivity index (χ0) is 18.6. The van der Waals surface area contributed by atoms with E-state index in [2.05, 4.69) is 24.1 Å². The molecule has 0 fully saturated rings. The Balaban J connectivity index is 1.91. The Kier molecular flexibility index (Phi) is 6.76. The Bertz CT molecular complexity index is 792. The quantitative estimate of drug-likeness (QED) is 0.776. The fourth-order valence-electron chi connectivity index (χ4n) is 2.90. The first-order chi connectivity index (χ1) is 11.8. The molecule has 2 heterocycles. The highest BCUT2D eigenvalue weighted by atomic mass is 32.1. The van der Waals surface area contributed by atoms with Crippen LogP contribution in [0.25, 0.3) is 10.2 Å². The molecule has 0 bridgehead atoms. The maximum Gasteiger partial charge on any atom is 0.262 e.